The number of carbonyl (C=O) groups excluding carboxylic acids is 4. The molecule has 3 aliphatic heterocycles. The zero-order valence-electron chi connectivity index (χ0n) is 28.5. The Balaban J connectivity index is 2.10. The molecule has 0 spiro atoms. The minimum absolute atomic E-state index is 0.140. The van der Waals surface area contributed by atoms with Crippen LogP contribution < -0.4 is 5.32 Å². The van der Waals surface area contributed by atoms with E-state index < -0.39 is 83.4 Å². The first-order valence-corrected chi connectivity index (χ1v) is 16.0. The molecule has 3 rings (SSSR count). The molecule has 0 aromatic rings. The van der Waals surface area contributed by atoms with Crippen molar-refractivity contribution < 1.29 is 48.0 Å². The largest absolute Gasteiger partial charge is 0.457 e. The van der Waals surface area contributed by atoms with Crippen LogP contribution in [0.25, 0.3) is 0 Å². The van der Waals surface area contributed by atoms with Crippen LogP contribution in [-0.2, 0) is 38.1 Å². The first-order chi connectivity index (χ1) is 20.9. The van der Waals surface area contributed by atoms with Crippen LogP contribution in [0.15, 0.2) is 12.7 Å². The van der Waals surface area contributed by atoms with Gasteiger partial charge in [-0.15, -0.1) is 6.58 Å². The number of alkyl carbamates (subject to hydrolysis) is 1. The number of fused-ring (bicyclic) bond motifs is 1. The van der Waals surface area contributed by atoms with E-state index >= 15 is 0 Å². The maximum atomic E-state index is 14.0. The number of ketones is 2. The van der Waals surface area contributed by atoms with Crippen LogP contribution in [0.5, 0.6) is 0 Å². The molecule has 0 aromatic heterocycles. The Bertz CT molecular complexity index is 1120. The number of rotatable bonds is 7. The van der Waals surface area contributed by atoms with Gasteiger partial charge < -0.3 is 39.0 Å². The third-order valence-electron chi connectivity index (χ3n) is 10.2. The molecule has 2 N–H and O–H groups in total. The van der Waals surface area contributed by atoms with Crippen molar-refractivity contribution in [2.75, 3.05) is 21.2 Å². The molecule has 12 nitrogen and oxygen atoms in total. The molecule has 0 aromatic carbocycles. The number of ether oxygens (including phenoxy) is 5. The van der Waals surface area contributed by atoms with Crippen molar-refractivity contribution in [3.63, 3.8) is 0 Å². The van der Waals surface area contributed by atoms with Gasteiger partial charge in [-0.25, -0.2) is 4.79 Å². The molecular weight excluding hydrogens is 584 g/mol. The summed E-state index contributed by atoms with van der Waals surface area (Å²) in [5.74, 6) is -4.92. The molecule has 3 fully saturated rings. The van der Waals surface area contributed by atoms with E-state index in [9.17, 15) is 24.3 Å². The number of likely N-dealkylation sites (N-methyl/N-ethyl adjacent to an activating group) is 1. The lowest BCUT2D eigenvalue weighted by Gasteiger charge is -2.47. The molecule has 0 radical (unpaired) electrons. The molecule has 0 bridgehead atoms. The number of Topliss-reactive ketones (excluding diaryl/α,β-unsaturated/α-hetero) is 2. The van der Waals surface area contributed by atoms with E-state index in [0.29, 0.717) is 12.8 Å². The molecule has 3 saturated heterocycles. The summed E-state index contributed by atoms with van der Waals surface area (Å²) >= 11 is 0. The van der Waals surface area contributed by atoms with Crippen molar-refractivity contribution in [2.45, 2.75) is 128 Å². The fraction of sp³-hybridized carbons (Fsp3) is 0.818. The van der Waals surface area contributed by atoms with Crippen LogP contribution in [0.4, 0.5) is 4.79 Å². The van der Waals surface area contributed by atoms with E-state index in [-0.39, 0.29) is 30.8 Å². The zero-order valence-corrected chi connectivity index (χ0v) is 28.5. The quantitative estimate of drug-likeness (QED) is 0.241. The van der Waals surface area contributed by atoms with E-state index in [0.717, 1.165) is 0 Å². The van der Waals surface area contributed by atoms with Gasteiger partial charge in [0, 0.05) is 30.9 Å². The van der Waals surface area contributed by atoms with Crippen molar-refractivity contribution in [3.8, 4) is 0 Å². The average molecular weight is 639 g/mol. The fourth-order valence-corrected chi connectivity index (χ4v) is 7.31. The molecular formula is C33H54N2O10. The van der Waals surface area contributed by atoms with Gasteiger partial charge in [0.15, 0.2) is 17.7 Å². The SMILES string of the molecule is C=CCC[C@H]1OC(=O)C(C)C(=O)[C@H](C)C(OC2OC(C)CC(N(C)C)C2O)C(C)(OC)C[C@@H](C)C(=O)[C@H](C)C2NC(=O)OC21C. The first kappa shape index (κ1) is 37.1. The minimum atomic E-state index is -1.38. The predicted octanol–water partition coefficient (Wildman–Crippen LogP) is 3.03. The third kappa shape index (κ3) is 7.62. The summed E-state index contributed by atoms with van der Waals surface area (Å²) in [7, 11) is 5.20. The number of aliphatic hydroxyl groups is 1. The molecule has 3 aliphatic rings. The summed E-state index contributed by atoms with van der Waals surface area (Å²) in [6, 6.07) is -1.08. The highest BCUT2D eigenvalue weighted by Gasteiger charge is 2.57. The van der Waals surface area contributed by atoms with Gasteiger partial charge in [-0.3, -0.25) is 14.4 Å². The number of methoxy groups -OCH3 is 1. The van der Waals surface area contributed by atoms with Crippen molar-refractivity contribution in [1.29, 1.82) is 0 Å². The molecule has 13 atom stereocenters. The highest BCUT2D eigenvalue weighted by molar-refractivity contribution is 6.00. The number of amides is 1. The Hall–Kier alpha value is -2.38. The van der Waals surface area contributed by atoms with Gasteiger partial charge in [-0.1, -0.05) is 26.8 Å². The van der Waals surface area contributed by atoms with Gasteiger partial charge in [0.05, 0.1) is 23.9 Å². The van der Waals surface area contributed by atoms with Crippen molar-refractivity contribution in [3.05, 3.63) is 12.7 Å². The molecule has 256 valence electrons. The lowest BCUT2D eigenvalue weighted by atomic mass is 9.73. The topological polar surface area (TPSA) is 150 Å². The van der Waals surface area contributed by atoms with Crippen LogP contribution in [0, 0.1) is 23.7 Å². The van der Waals surface area contributed by atoms with E-state index in [1.54, 1.807) is 40.7 Å². The molecule has 3 heterocycles. The van der Waals surface area contributed by atoms with Gasteiger partial charge in [0.25, 0.3) is 0 Å². The minimum Gasteiger partial charge on any atom is -0.457 e. The number of hydrogen-bond acceptors (Lipinski definition) is 11. The van der Waals surface area contributed by atoms with Crippen LogP contribution in [-0.4, -0.2) is 109 Å². The Labute approximate surface area is 267 Å². The number of nitrogens with one attached hydrogen (secondary N) is 1. The highest BCUT2D eigenvalue weighted by Crippen LogP contribution is 2.40. The van der Waals surface area contributed by atoms with E-state index in [1.165, 1.54) is 14.0 Å². The van der Waals surface area contributed by atoms with Gasteiger partial charge in [0.2, 0.25) is 0 Å². The Morgan fingerprint density at radius 3 is 2.29 bits per heavy atom. The number of nitrogens with zero attached hydrogens (tertiary/aromatic N) is 1. The Morgan fingerprint density at radius 1 is 1.07 bits per heavy atom. The van der Waals surface area contributed by atoms with Gasteiger partial charge in [-0.05, 0) is 67.5 Å². The summed E-state index contributed by atoms with van der Waals surface area (Å²) in [6.45, 7) is 15.7. The first-order valence-electron chi connectivity index (χ1n) is 16.0. The van der Waals surface area contributed by atoms with Crippen LogP contribution in [0.1, 0.15) is 74.1 Å². The standard InChI is InChI=1S/C33H54N2O10/c1-12-13-14-23-33(8)27(34-31(40)45-33)19(4)24(36)17(2)16-32(7,41-11)28(20(5)25(37)21(6)29(39)43-23)44-30-26(38)22(35(9)10)15-18(3)42-30/h12,17-23,26-28,30,38H,1,13-16H2,2-11H3,(H,34,40)/t17-,18?,19+,20+,21?,22?,23-,26?,27?,28?,30?,32?,33?/m1/s1. The monoisotopic (exact) mass is 638 g/mol. The maximum Gasteiger partial charge on any atom is 0.408 e. The van der Waals surface area contributed by atoms with E-state index in [4.69, 9.17) is 23.7 Å². The molecule has 12 heteroatoms. The number of hydrogen-bond donors (Lipinski definition) is 2. The zero-order chi connectivity index (χ0) is 34.0. The number of cyclic esters (lactones) is 1. The third-order valence-corrected chi connectivity index (χ3v) is 10.2. The second-order valence-electron chi connectivity index (χ2n) is 13.8. The summed E-state index contributed by atoms with van der Waals surface area (Å²) in [4.78, 5) is 56.2. The Kier molecular flexibility index (Phi) is 12.0. The smallest absolute Gasteiger partial charge is 0.408 e. The summed E-state index contributed by atoms with van der Waals surface area (Å²) in [6.07, 6.45) is -2.01. The van der Waals surface area contributed by atoms with Crippen LogP contribution >= 0.6 is 0 Å². The number of carbonyl (C=O) groups is 4. The summed E-state index contributed by atoms with van der Waals surface area (Å²) in [5, 5.41) is 14.1. The average Bonchev–Trinajstić information content (AvgIpc) is 3.30. The summed E-state index contributed by atoms with van der Waals surface area (Å²) < 4.78 is 30.3. The molecule has 0 saturated carbocycles. The second-order valence-corrected chi connectivity index (χ2v) is 13.8. The van der Waals surface area contributed by atoms with Gasteiger partial charge in [-0.2, -0.15) is 0 Å². The highest BCUT2D eigenvalue weighted by atomic mass is 16.7. The number of aliphatic hydroxyl groups excluding tert-OH is 1. The Morgan fingerprint density at radius 2 is 1.71 bits per heavy atom. The number of esters is 1. The molecule has 1 amide bonds. The number of allylic oxidation sites excluding steroid dienone is 1. The van der Waals surface area contributed by atoms with Crippen molar-refractivity contribution >= 4 is 23.6 Å². The molecule has 45 heavy (non-hydrogen) atoms. The van der Waals surface area contributed by atoms with E-state index in [1.807, 2.05) is 25.9 Å². The van der Waals surface area contributed by atoms with Crippen molar-refractivity contribution in [1.82, 2.24) is 10.2 Å². The lowest BCUT2D eigenvalue weighted by Crippen LogP contribution is -2.60. The van der Waals surface area contributed by atoms with Crippen LogP contribution in [0.2, 0.25) is 0 Å². The van der Waals surface area contributed by atoms with Gasteiger partial charge >= 0.3 is 12.1 Å². The molecule has 9 unspecified atom stereocenters. The molecule has 0 aliphatic carbocycles. The lowest BCUT2D eigenvalue weighted by molar-refractivity contribution is -0.295. The second kappa shape index (κ2) is 14.6. The van der Waals surface area contributed by atoms with Crippen molar-refractivity contribution in [2.24, 2.45) is 23.7 Å². The normalized spacial score (nSPS) is 43.6. The summed E-state index contributed by atoms with van der Waals surface area (Å²) in [5.41, 5.74) is -2.62. The fourth-order valence-electron chi connectivity index (χ4n) is 7.31. The maximum absolute atomic E-state index is 14.0. The predicted molar refractivity (Wildman–Crippen MR) is 165 cm³/mol. The van der Waals surface area contributed by atoms with Crippen LogP contribution in [0.3, 0.4) is 0 Å². The van der Waals surface area contributed by atoms with E-state index in [2.05, 4.69) is 11.9 Å². The van der Waals surface area contributed by atoms with Gasteiger partial charge in [0.1, 0.15) is 23.9 Å².